The number of carbonyl (C=O) groups is 1. The third kappa shape index (κ3) is 2.15. The lowest BCUT2D eigenvalue weighted by Gasteiger charge is -2.37. The Kier molecular flexibility index (Phi) is 3.28. The van der Waals surface area contributed by atoms with Crippen molar-refractivity contribution in [3.8, 4) is 0 Å². The van der Waals surface area contributed by atoms with E-state index in [1.165, 1.54) is 0 Å². The summed E-state index contributed by atoms with van der Waals surface area (Å²) in [5.74, 6) is 0.669. The number of ether oxygens (including phenoxy) is 1. The summed E-state index contributed by atoms with van der Waals surface area (Å²) in [6.07, 6.45) is 5.13. The molecular weight excluding hydrogens is 246 g/mol. The second-order valence-corrected chi connectivity index (χ2v) is 5.36. The fraction of sp³-hybridized carbons (Fsp3) is 0.692. The van der Waals surface area contributed by atoms with Gasteiger partial charge in [0, 0.05) is 32.6 Å². The van der Waals surface area contributed by atoms with E-state index < -0.39 is 0 Å². The highest BCUT2D eigenvalue weighted by molar-refractivity contribution is 5.91. The van der Waals surface area contributed by atoms with Gasteiger partial charge in [0.2, 0.25) is 0 Å². The van der Waals surface area contributed by atoms with Crippen molar-refractivity contribution in [3.05, 3.63) is 18.2 Å². The second kappa shape index (κ2) is 4.94. The van der Waals surface area contributed by atoms with E-state index in [0.29, 0.717) is 19.0 Å². The molecule has 1 saturated heterocycles. The van der Waals surface area contributed by atoms with Gasteiger partial charge in [-0.05, 0) is 18.8 Å². The van der Waals surface area contributed by atoms with Crippen molar-refractivity contribution in [2.24, 2.45) is 13.0 Å². The molecule has 1 N–H and O–H groups in total. The summed E-state index contributed by atoms with van der Waals surface area (Å²) in [5.41, 5.74) is 0. The van der Waals surface area contributed by atoms with Gasteiger partial charge in [-0.15, -0.1) is 0 Å². The third-order valence-electron chi connectivity index (χ3n) is 4.17. The van der Waals surface area contributed by atoms with Gasteiger partial charge in [-0.25, -0.2) is 4.98 Å². The summed E-state index contributed by atoms with van der Waals surface area (Å²) in [4.78, 5) is 18.5. The molecule has 1 saturated carbocycles. The van der Waals surface area contributed by atoms with Crippen molar-refractivity contribution < 1.29 is 14.6 Å². The molecule has 1 aromatic rings. The number of aliphatic hydroxyl groups is 1. The molecule has 0 spiro atoms. The highest BCUT2D eigenvalue weighted by Gasteiger charge is 2.43. The molecule has 1 amide bonds. The quantitative estimate of drug-likeness (QED) is 0.819. The molecule has 1 aliphatic heterocycles. The molecule has 3 rings (SSSR count). The Morgan fingerprint density at radius 2 is 2.42 bits per heavy atom. The minimum atomic E-state index is -0.0376. The zero-order valence-corrected chi connectivity index (χ0v) is 11.0. The molecule has 1 aromatic heterocycles. The predicted molar refractivity (Wildman–Crippen MR) is 67.6 cm³/mol. The lowest BCUT2D eigenvalue weighted by molar-refractivity contribution is -0.0453. The van der Waals surface area contributed by atoms with Crippen LogP contribution in [-0.2, 0) is 11.8 Å². The molecule has 6 heteroatoms. The van der Waals surface area contributed by atoms with Gasteiger partial charge >= 0.3 is 0 Å². The van der Waals surface area contributed by atoms with E-state index in [1.807, 2.05) is 11.9 Å². The lowest BCUT2D eigenvalue weighted by atomic mass is 10.1. The Balaban J connectivity index is 1.80. The minimum absolute atomic E-state index is 0.0376. The van der Waals surface area contributed by atoms with Gasteiger partial charge in [-0.3, -0.25) is 4.79 Å². The van der Waals surface area contributed by atoms with Crippen molar-refractivity contribution in [2.45, 2.75) is 25.0 Å². The summed E-state index contributed by atoms with van der Waals surface area (Å²) >= 11 is 0. The molecule has 104 valence electrons. The first-order valence-corrected chi connectivity index (χ1v) is 6.71. The SMILES string of the molecule is Cn1ccnc1C(=O)N1CCO[C@H]2C[C@H](CO)C[C@@H]21. The summed E-state index contributed by atoms with van der Waals surface area (Å²) in [6.45, 7) is 1.33. The van der Waals surface area contributed by atoms with Crippen LogP contribution in [0, 0.1) is 5.92 Å². The van der Waals surface area contributed by atoms with Crippen LogP contribution in [0.3, 0.4) is 0 Å². The number of fused-ring (bicyclic) bond motifs is 1. The fourth-order valence-electron chi connectivity index (χ4n) is 3.15. The normalized spacial score (nSPS) is 30.4. The number of hydrogen-bond donors (Lipinski definition) is 1. The first-order chi connectivity index (χ1) is 9.20. The van der Waals surface area contributed by atoms with Crippen LogP contribution in [0.4, 0.5) is 0 Å². The number of rotatable bonds is 2. The molecule has 1 aliphatic carbocycles. The van der Waals surface area contributed by atoms with Crippen LogP contribution in [0.2, 0.25) is 0 Å². The van der Waals surface area contributed by atoms with Gasteiger partial charge in [-0.1, -0.05) is 0 Å². The number of aliphatic hydroxyl groups excluding tert-OH is 1. The first-order valence-electron chi connectivity index (χ1n) is 6.71. The zero-order valence-electron chi connectivity index (χ0n) is 11.0. The number of aryl methyl sites for hydroxylation is 1. The lowest BCUT2D eigenvalue weighted by Crippen LogP contribution is -2.51. The van der Waals surface area contributed by atoms with Crippen LogP contribution in [0.1, 0.15) is 23.5 Å². The average molecular weight is 265 g/mol. The van der Waals surface area contributed by atoms with Crippen LogP contribution in [-0.4, -0.2) is 57.4 Å². The van der Waals surface area contributed by atoms with Gasteiger partial charge < -0.3 is 19.3 Å². The number of nitrogens with zero attached hydrogens (tertiary/aromatic N) is 3. The van der Waals surface area contributed by atoms with E-state index in [0.717, 1.165) is 12.8 Å². The number of aromatic nitrogens is 2. The van der Waals surface area contributed by atoms with Crippen LogP contribution < -0.4 is 0 Å². The number of amides is 1. The van der Waals surface area contributed by atoms with E-state index in [2.05, 4.69) is 4.98 Å². The second-order valence-electron chi connectivity index (χ2n) is 5.36. The third-order valence-corrected chi connectivity index (χ3v) is 4.17. The average Bonchev–Trinajstić information content (AvgIpc) is 3.02. The van der Waals surface area contributed by atoms with Crippen LogP contribution in [0.25, 0.3) is 0 Å². The zero-order chi connectivity index (χ0) is 13.4. The number of morpholine rings is 1. The molecule has 6 nitrogen and oxygen atoms in total. The minimum Gasteiger partial charge on any atom is -0.396 e. The standard InChI is InChI=1S/C13H19N3O3/c1-15-3-2-14-12(15)13(18)16-4-5-19-11-7-9(8-17)6-10(11)16/h2-3,9-11,17H,4-8H2,1H3/t9-,10+,11+/m1/s1. The van der Waals surface area contributed by atoms with Gasteiger partial charge in [0.1, 0.15) is 0 Å². The summed E-state index contributed by atoms with van der Waals surface area (Å²) in [6, 6.07) is 0.0788. The van der Waals surface area contributed by atoms with Crippen molar-refractivity contribution in [1.82, 2.24) is 14.5 Å². The number of hydrogen-bond acceptors (Lipinski definition) is 4. The van der Waals surface area contributed by atoms with E-state index in [9.17, 15) is 9.90 Å². The van der Waals surface area contributed by atoms with E-state index in [4.69, 9.17) is 4.74 Å². The van der Waals surface area contributed by atoms with Crippen LogP contribution in [0.5, 0.6) is 0 Å². The van der Waals surface area contributed by atoms with Gasteiger partial charge in [0.25, 0.3) is 5.91 Å². The topological polar surface area (TPSA) is 67.6 Å². The van der Waals surface area contributed by atoms with Crippen LogP contribution >= 0.6 is 0 Å². The Hall–Kier alpha value is -1.40. The molecular formula is C13H19N3O3. The molecule has 0 radical (unpaired) electrons. The smallest absolute Gasteiger partial charge is 0.290 e. The molecule has 0 bridgehead atoms. The van der Waals surface area contributed by atoms with Crippen molar-refractivity contribution in [1.29, 1.82) is 0 Å². The maximum atomic E-state index is 12.5. The Morgan fingerprint density at radius 1 is 1.58 bits per heavy atom. The monoisotopic (exact) mass is 265 g/mol. The van der Waals surface area contributed by atoms with E-state index >= 15 is 0 Å². The molecule has 2 aliphatic rings. The highest BCUT2D eigenvalue weighted by atomic mass is 16.5. The largest absolute Gasteiger partial charge is 0.396 e. The van der Waals surface area contributed by atoms with Crippen molar-refractivity contribution in [3.63, 3.8) is 0 Å². The van der Waals surface area contributed by atoms with Gasteiger partial charge in [-0.2, -0.15) is 0 Å². The Labute approximate surface area is 112 Å². The fourth-order valence-corrected chi connectivity index (χ4v) is 3.15. The highest BCUT2D eigenvalue weighted by Crippen LogP contribution is 2.34. The maximum Gasteiger partial charge on any atom is 0.290 e. The molecule has 0 aromatic carbocycles. The predicted octanol–water partition coefficient (Wildman–Crippen LogP) is 0.0320. The summed E-state index contributed by atoms with van der Waals surface area (Å²) in [7, 11) is 1.82. The first kappa shape index (κ1) is 12.6. The Morgan fingerprint density at radius 3 is 3.11 bits per heavy atom. The Bertz CT molecular complexity index is 473. The van der Waals surface area contributed by atoms with E-state index in [-0.39, 0.29) is 30.6 Å². The van der Waals surface area contributed by atoms with Crippen molar-refractivity contribution >= 4 is 5.91 Å². The molecule has 2 heterocycles. The maximum absolute atomic E-state index is 12.5. The number of carbonyl (C=O) groups excluding carboxylic acids is 1. The molecule has 19 heavy (non-hydrogen) atoms. The van der Waals surface area contributed by atoms with E-state index in [1.54, 1.807) is 17.0 Å². The van der Waals surface area contributed by atoms with Gasteiger partial charge in [0.15, 0.2) is 5.82 Å². The summed E-state index contributed by atoms with van der Waals surface area (Å²) in [5, 5.41) is 9.29. The number of imidazole rings is 1. The van der Waals surface area contributed by atoms with Crippen LogP contribution in [0.15, 0.2) is 12.4 Å². The van der Waals surface area contributed by atoms with Crippen molar-refractivity contribution in [2.75, 3.05) is 19.8 Å². The molecule has 2 fully saturated rings. The van der Waals surface area contributed by atoms with Gasteiger partial charge in [0.05, 0.1) is 18.8 Å². The summed E-state index contributed by atoms with van der Waals surface area (Å²) < 4.78 is 7.47. The molecule has 0 unspecified atom stereocenters. The molecule has 3 atom stereocenters.